The molecule has 0 aromatic carbocycles. The number of hydrogen-bond donors (Lipinski definition) is 2. The highest BCUT2D eigenvalue weighted by atomic mass is 16.5. The van der Waals surface area contributed by atoms with Crippen molar-refractivity contribution >= 4 is 5.91 Å². The Hall–Kier alpha value is -0.610. The Balaban J connectivity index is 2.10. The Morgan fingerprint density at radius 3 is 3.06 bits per heavy atom. The minimum absolute atomic E-state index is 0.0131. The summed E-state index contributed by atoms with van der Waals surface area (Å²) in [6, 6.07) is 0. The normalized spacial score (nSPS) is 25.4. The molecule has 2 atom stereocenters. The largest absolute Gasteiger partial charge is 0.372 e. The van der Waals surface area contributed by atoms with Crippen LogP contribution < -0.4 is 10.6 Å². The van der Waals surface area contributed by atoms with Crippen molar-refractivity contribution in [3.05, 3.63) is 0 Å². The summed E-state index contributed by atoms with van der Waals surface area (Å²) in [5, 5.41) is 6.31. The highest BCUT2D eigenvalue weighted by Crippen LogP contribution is 2.17. The molecule has 1 heterocycles. The van der Waals surface area contributed by atoms with Gasteiger partial charge in [0.1, 0.15) is 6.61 Å². The molecular weight excluding hydrogens is 204 g/mol. The van der Waals surface area contributed by atoms with Gasteiger partial charge >= 0.3 is 0 Å². The quantitative estimate of drug-likeness (QED) is 0.660. The Morgan fingerprint density at radius 2 is 2.38 bits per heavy atom. The van der Waals surface area contributed by atoms with Gasteiger partial charge in [0.2, 0.25) is 5.91 Å². The molecular formula is C12H24N2O2. The Kier molecular flexibility index (Phi) is 6.42. The fraction of sp³-hybridized carbons (Fsp3) is 0.917. The molecule has 4 heteroatoms. The summed E-state index contributed by atoms with van der Waals surface area (Å²) >= 11 is 0. The van der Waals surface area contributed by atoms with Crippen LogP contribution in [0.2, 0.25) is 0 Å². The average molecular weight is 228 g/mol. The summed E-state index contributed by atoms with van der Waals surface area (Å²) in [5.41, 5.74) is 0. The zero-order chi connectivity index (χ0) is 11.8. The number of carbonyl (C=O) groups is 1. The molecule has 0 aliphatic carbocycles. The first-order valence-electron chi connectivity index (χ1n) is 6.29. The van der Waals surface area contributed by atoms with Gasteiger partial charge in [-0.15, -0.1) is 0 Å². The molecule has 0 bridgehead atoms. The van der Waals surface area contributed by atoms with Crippen LogP contribution in [0.4, 0.5) is 0 Å². The van der Waals surface area contributed by atoms with Gasteiger partial charge in [-0.1, -0.05) is 13.8 Å². The zero-order valence-corrected chi connectivity index (χ0v) is 10.4. The Labute approximate surface area is 98.1 Å². The van der Waals surface area contributed by atoms with Crippen LogP contribution in [-0.2, 0) is 9.53 Å². The summed E-state index contributed by atoms with van der Waals surface area (Å²) in [4.78, 5) is 11.4. The molecule has 0 radical (unpaired) electrons. The standard InChI is InChI=1S/C12H24N2O2/c1-3-6-16-9-12(15)14-8-11-4-5-13-7-10(11)2/h10-11,13H,3-9H2,1-2H3,(H,14,15). The lowest BCUT2D eigenvalue weighted by Gasteiger charge is -2.29. The molecule has 1 aliphatic heterocycles. The molecule has 1 rings (SSSR count). The van der Waals surface area contributed by atoms with Crippen molar-refractivity contribution in [2.45, 2.75) is 26.7 Å². The van der Waals surface area contributed by atoms with Crippen LogP contribution in [0.5, 0.6) is 0 Å². The van der Waals surface area contributed by atoms with Crippen LogP contribution >= 0.6 is 0 Å². The van der Waals surface area contributed by atoms with Crippen LogP contribution in [0.15, 0.2) is 0 Å². The maximum Gasteiger partial charge on any atom is 0.246 e. The number of carbonyl (C=O) groups excluding carboxylic acids is 1. The van der Waals surface area contributed by atoms with Crippen LogP contribution in [-0.4, -0.2) is 38.8 Å². The van der Waals surface area contributed by atoms with E-state index >= 15 is 0 Å². The highest BCUT2D eigenvalue weighted by molar-refractivity contribution is 5.77. The van der Waals surface area contributed by atoms with E-state index in [9.17, 15) is 4.79 Å². The second kappa shape index (κ2) is 7.63. The number of amides is 1. The monoisotopic (exact) mass is 228 g/mol. The van der Waals surface area contributed by atoms with Crippen molar-refractivity contribution < 1.29 is 9.53 Å². The smallest absolute Gasteiger partial charge is 0.246 e. The first-order chi connectivity index (χ1) is 7.74. The number of rotatable bonds is 6. The third kappa shape index (κ3) is 4.94. The predicted molar refractivity (Wildman–Crippen MR) is 64.3 cm³/mol. The third-order valence-corrected chi connectivity index (χ3v) is 3.11. The van der Waals surface area contributed by atoms with E-state index in [1.165, 1.54) is 0 Å². The molecule has 0 spiro atoms. The predicted octanol–water partition coefficient (Wildman–Crippen LogP) is 0.775. The average Bonchev–Trinajstić information content (AvgIpc) is 2.28. The third-order valence-electron chi connectivity index (χ3n) is 3.11. The molecule has 2 unspecified atom stereocenters. The van der Waals surface area contributed by atoms with Gasteiger partial charge in [0.05, 0.1) is 0 Å². The maximum absolute atomic E-state index is 11.4. The molecule has 1 aliphatic rings. The van der Waals surface area contributed by atoms with Crippen LogP contribution in [0.3, 0.4) is 0 Å². The molecule has 0 saturated carbocycles. The molecule has 0 aromatic rings. The van der Waals surface area contributed by atoms with Crippen molar-refractivity contribution in [2.24, 2.45) is 11.8 Å². The number of hydrogen-bond acceptors (Lipinski definition) is 3. The second-order valence-electron chi connectivity index (χ2n) is 4.59. The molecule has 2 N–H and O–H groups in total. The minimum atomic E-state index is 0.0131. The summed E-state index contributed by atoms with van der Waals surface area (Å²) in [5.74, 6) is 1.26. The van der Waals surface area contributed by atoms with Crippen molar-refractivity contribution in [3.8, 4) is 0 Å². The van der Waals surface area contributed by atoms with Gasteiger partial charge in [-0.3, -0.25) is 4.79 Å². The van der Waals surface area contributed by atoms with E-state index < -0.39 is 0 Å². The van der Waals surface area contributed by atoms with Crippen LogP contribution in [0, 0.1) is 11.8 Å². The summed E-state index contributed by atoms with van der Waals surface area (Å²) < 4.78 is 5.19. The maximum atomic E-state index is 11.4. The lowest BCUT2D eigenvalue weighted by Crippen LogP contribution is -2.41. The van der Waals surface area contributed by atoms with Gasteiger partial charge in [-0.25, -0.2) is 0 Å². The van der Waals surface area contributed by atoms with E-state index in [0.29, 0.717) is 18.4 Å². The molecule has 0 aromatic heterocycles. The van der Waals surface area contributed by atoms with Gasteiger partial charge < -0.3 is 15.4 Å². The Morgan fingerprint density at radius 1 is 1.56 bits per heavy atom. The molecule has 4 nitrogen and oxygen atoms in total. The van der Waals surface area contributed by atoms with Gasteiger partial charge in [-0.05, 0) is 37.8 Å². The van der Waals surface area contributed by atoms with Crippen molar-refractivity contribution in [1.29, 1.82) is 0 Å². The van der Waals surface area contributed by atoms with E-state index in [2.05, 4.69) is 17.6 Å². The summed E-state index contributed by atoms with van der Waals surface area (Å²) in [6.07, 6.45) is 2.11. The second-order valence-corrected chi connectivity index (χ2v) is 4.59. The van der Waals surface area contributed by atoms with E-state index in [1.54, 1.807) is 0 Å². The lowest BCUT2D eigenvalue weighted by molar-refractivity contribution is -0.126. The highest BCUT2D eigenvalue weighted by Gasteiger charge is 2.21. The number of ether oxygens (including phenoxy) is 1. The van der Waals surface area contributed by atoms with Crippen molar-refractivity contribution in [2.75, 3.05) is 32.8 Å². The van der Waals surface area contributed by atoms with Gasteiger partial charge in [0, 0.05) is 13.2 Å². The Bertz CT molecular complexity index is 209. The SMILES string of the molecule is CCCOCC(=O)NCC1CCNCC1C. The first kappa shape index (κ1) is 13.5. The topological polar surface area (TPSA) is 50.4 Å². The van der Waals surface area contributed by atoms with Crippen molar-refractivity contribution in [3.63, 3.8) is 0 Å². The summed E-state index contributed by atoms with van der Waals surface area (Å²) in [6.45, 7) is 8.05. The fourth-order valence-corrected chi connectivity index (χ4v) is 1.98. The minimum Gasteiger partial charge on any atom is -0.372 e. The number of nitrogens with one attached hydrogen (secondary N) is 2. The van der Waals surface area contributed by atoms with Crippen molar-refractivity contribution in [1.82, 2.24) is 10.6 Å². The van der Waals surface area contributed by atoms with Gasteiger partial charge in [-0.2, -0.15) is 0 Å². The molecule has 94 valence electrons. The molecule has 16 heavy (non-hydrogen) atoms. The van der Waals surface area contributed by atoms with E-state index in [0.717, 1.165) is 32.5 Å². The first-order valence-corrected chi connectivity index (χ1v) is 6.29. The van der Waals surface area contributed by atoms with Gasteiger partial charge in [0.25, 0.3) is 0 Å². The fourth-order valence-electron chi connectivity index (χ4n) is 1.98. The zero-order valence-electron chi connectivity index (χ0n) is 10.4. The van der Waals surface area contributed by atoms with Gasteiger partial charge in [0.15, 0.2) is 0 Å². The van der Waals surface area contributed by atoms with E-state index in [-0.39, 0.29) is 12.5 Å². The van der Waals surface area contributed by atoms with E-state index in [1.807, 2.05) is 6.92 Å². The van der Waals surface area contributed by atoms with Crippen LogP contribution in [0.25, 0.3) is 0 Å². The summed E-state index contributed by atoms with van der Waals surface area (Å²) in [7, 11) is 0. The molecule has 1 fully saturated rings. The van der Waals surface area contributed by atoms with E-state index in [4.69, 9.17) is 4.74 Å². The van der Waals surface area contributed by atoms with Crippen LogP contribution in [0.1, 0.15) is 26.7 Å². The molecule has 1 amide bonds. The number of piperidine rings is 1. The molecule has 1 saturated heterocycles. The lowest BCUT2D eigenvalue weighted by atomic mass is 9.88.